The summed E-state index contributed by atoms with van der Waals surface area (Å²) in [5.41, 5.74) is 1.12. The smallest absolute Gasteiger partial charge is 0.133 e. The van der Waals surface area contributed by atoms with Crippen LogP contribution in [0.4, 0.5) is 0 Å². The lowest BCUT2D eigenvalue weighted by molar-refractivity contribution is -0.121. The van der Waals surface area contributed by atoms with E-state index in [1.54, 1.807) is 13.8 Å². The van der Waals surface area contributed by atoms with Gasteiger partial charge in [-0.2, -0.15) is 0 Å². The van der Waals surface area contributed by atoms with Gasteiger partial charge in [0.05, 0.1) is 0 Å². The second-order valence-electron chi connectivity index (χ2n) is 9.62. The van der Waals surface area contributed by atoms with Crippen molar-refractivity contribution < 1.29 is 9.59 Å². The highest BCUT2D eigenvalue weighted by Crippen LogP contribution is 2.18. The van der Waals surface area contributed by atoms with E-state index >= 15 is 0 Å². The molecule has 0 saturated heterocycles. The number of Topliss-reactive ketones (excluding diaryl/α,β-unsaturated/α-hetero) is 2. The van der Waals surface area contributed by atoms with Crippen LogP contribution in [0, 0.1) is 5.92 Å². The maximum absolute atomic E-state index is 11.2. The molecule has 0 aliphatic heterocycles. The molecule has 0 unspecified atom stereocenters. The molecule has 0 aromatic rings. The summed E-state index contributed by atoms with van der Waals surface area (Å²) in [6, 6.07) is 0. The largest absolute Gasteiger partial charge is 0.300 e. The van der Waals surface area contributed by atoms with Gasteiger partial charge >= 0.3 is 0 Å². The van der Waals surface area contributed by atoms with E-state index in [2.05, 4.69) is 93.3 Å². The highest BCUT2D eigenvalue weighted by molar-refractivity contribution is 5.78. The van der Waals surface area contributed by atoms with Gasteiger partial charge < -0.3 is 4.79 Å². The average Bonchev–Trinajstić information content (AvgIpc) is 3.01. The van der Waals surface area contributed by atoms with Crippen molar-refractivity contribution in [1.82, 2.24) is 0 Å². The zero-order valence-corrected chi connectivity index (χ0v) is 30.7. The summed E-state index contributed by atoms with van der Waals surface area (Å²) in [5, 5.41) is 0. The number of carbonyl (C=O) groups excluding carboxylic acids is 2. The Labute approximate surface area is 271 Å². The van der Waals surface area contributed by atoms with Crippen LogP contribution in [0.2, 0.25) is 0 Å². The summed E-state index contributed by atoms with van der Waals surface area (Å²) in [6.45, 7) is 25.5. The second-order valence-corrected chi connectivity index (χ2v) is 9.62. The van der Waals surface area contributed by atoms with Crippen molar-refractivity contribution in [3.05, 3.63) is 85.1 Å². The Morgan fingerprint density at radius 3 is 1.26 bits per heavy atom. The Balaban J connectivity index is -0.000000213. The van der Waals surface area contributed by atoms with Gasteiger partial charge in [-0.3, -0.25) is 4.79 Å². The van der Waals surface area contributed by atoms with Crippen LogP contribution in [0.1, 0.15) is 160 Å². The Hall–Kier alpha value is -2.48. The molecule has 43 heavy (non-hydrogen) atoms. The summed E-state index contributed by atoms with van der Waals surface area (Å²) < 4.78 is 0. The van der Waals surface area contributed by atoms with Crippen LogP contribution in [0.15, 0.2) is 85.1 Å². The molecule has 0 radical (unpaired) electrons. The molecule has 0 aromatic heterocycles. The van der Waals surface area contributed by atoms with Gasteiger partial charge in [0.25, 0.3) is 0 Å². The van der Waals surface area contributed by atoms with Crippen molar-refractivity contribution in [1.29, 1.82) is 0 Å². The van der Waals surface area contributed by atoms with Crippen LogP contribution in [0.25, 0.3) is 0 Å². The van der Waals surface area contributed by atoms with Crippen molar-refractivity contribution in [2.45, 2.75) is 160 Å². The minimum Gasteiger partial charge on any atom is -0.300 e. The number of hydrogen-bond acceptors (Lipinski definition) is 2. The first-order valence-electron chi connectivity index (χ1n) is 17.4. The summed E-state index contributed by atoms with van der Waals surface area (Å²) >= 11 is 0. The molecule has 2 nitrogen and oxygen atoms in total. The third-order valence-corrected chi connectivity index (χ3v) is 5.59. The van der Waals surface area contributed by atoms with Gasteiger partial charge in [-0.05, 0) is 78.6 Å². The maximum atomic E-state index is 11.2. The fraction of sp³-hybridized carbons (Fsp3) is 0.610. The first kappa shape index (κ1) is 50.2. The van der Waals surface area contributed by atoms with E-state index in [9.17, 15) is 9.59 Å². The fourth-order valence-corrected chi connectivity index (χ4v) is 3.44. The number of ketones is 2. The standard InChI is InChI=1S/C23H34O.C12H22O.3C2H6/c1-3-4-5-6-7-8-9-10-11-12-13-14-15-16-17-18-19-20-21-22-23(2)24;1-5-6-7-8-12(11(4)13)9-10(2)3;3*1-2/h4-5,7-8,10-11,13-14,16-17,19-20H,3,6,9,12,15,18,21-22H2,1-2H3;12H,2,5-9H2,1,3-4H3;3*1-2H3/b5-4-,8-7-,11-10-,14-13-,17-16-,20-19-;;;;/t;12-;;;/m.1.../s1. The monoisotopic (exact) mass is 599 g/mol. The lowest BCUT2D eigenvalue weighted by atomic mass is 9.92. The number of carbonyl (C=O) groups is 2. The molecule has 0 heterocycles. The summed E-state index contributed by atoms with van der Waals surface area (Å²) in [7, 11) is 0. The lowest BCUT2D eigenvalue weighted by Crippen LogP contribution is -2.11. The molecule has 0 amide bonds. The zero-order valence-electron chi connectivity index (χ0n) is 30.7. The highest BCUT2D eigenvalue weighted by atomic mass is 16.1. The summed E-state index contributed by atoms with van der Waals surface area (Å²) in [5.74, 6) is 0.803. The van der Waals surface area contributed by atoms with Crippen LogP contribution in [0.5, 0.6) is 0 Å². The van der Waals surface area contributed by atoms with E-state index in [-0.39, 0.29) is 11.7 Å². The minimum atomic E-state index is 0.226. The van der Waals surface area contributed by atoms with Crippen molar-refractivity contribution in [3.8, 4) is 0 Å². The van der Waals surface area contributed by atoms with E-state index in [0.717, 1.165) is 63.4 Å². The van der Waals surface area contributed by atoms with Gasteiger partial charge in [-0.1, -0.05) is 153 Å². The Morgan fingerprint density at radius 2 is 0.953 bits per heavy atom. The predicted molar refractivity (Wildman–Crippen MR) is 200 cm³/mol. The molecular weight excluding hydrogens is 524 g/mol. The van der Waals surface area contributed by atoms with Crippen molar-refractivity contribution in [2.75, 3.05) is 0 Å². The molecule has 1 atom stereocenters. The van der Waals surface area contributed by atoms with Crippen LogP contribution < -0.4 is 0 Å². The molecule has 0 aromatic carbocycles. The number of unbranched alkanes of at least 4 members (excludes halogenated alkanes) is 2. The molecule has 2 heteroatoms. The predicted octanol–water partition coefficient (Wildman–Crippen LogP) is 13.9. The quantitative estimate of drug-likeness (QED) is 0.0972. The number of hydrogen-bond donors (Lipinski definition) is 0. The van der Waals surface area contributed by atoms with E-state index in [4.69, 9.17) is 0 Å². The molecule has 250 valence electrons. The summed E-state index contributed by atoms with van der Waals surface area (Å²) in [6.07, 6.45) is 39.4. The number of allylic oxidation sites excluding steroid dienone is 13. The van der Waals surface area contributed by atoms with Crippen molar-refractivity contribution >= 4 is 11.6 Å². The second kappa shape index (κ2) is 49.2. The van der Waals surface area contributed by atoms with Crippen LogP contribution >= 0.6 is 0 Å². The Bertz CT molecular complexity index is 744. The lowest BCUT2D eigenvalue weighted by Gasteiger charge is -2.12. The SMILES string of the molecule is C=C(C)C[C@@H](CCCCC)C(C)=O.CC.CC.CC.CC/C=C\C/C=C\C/C=C\C/C=C\C/C=C\C/C=C\CCC(C)=O. The molecular formula is C41H74O2. The third kappa shape index (κ3) is 56.0. The van der Waals surface area contributed by atoms with E-state index < -0.39 is 0 Å². The molecule has 0 aliphatic carbocycles. The van der Waals surface area contributed by atoms with Gasteiger partial charge in [-0.25, -0.2) is 0 Å². The van der Waals surface area contributed by atoms with Gasteiger partial charge in [0.15, 0.2) is 0 Å². The first-order valence-corrected chi connectivity index (χ1v) is 17.4. The van der Waals surface area contributed by atoms with Crippen molar-refractivity contribution in [3.63, 3.8) is 0 Å². The third-order valence-electron chi connectivity index (χ3n) is 5.59. The molecule has 0 spiro atoms. The van der Waals surface area contributed by atoms with Gasteiger partial charge in [0.1, 0.15) is 11.6 Å². The van der Waals surface area contributed by atoms with E-state index in [0.29, 0.717) is 12.2 Å². The molecule has 0 rings (SSSR count). The van der Waals surface area contributed by atoms with Crippen LogP contribution in [-0.2, 0) is 9.59 Å². The number of rotatable bonds is 21. The molecule has 0 saturated carbocycles. The van der Waals surface area contributed by atoms with Gasteiger partial charge in [0.2, 0.25) is 0 Å². The molecule has 0 bridgehead atoms. The fourth-order valence-electron chi connectivity index (χ4n) is 3.44. The normalized spacial score (nSPS) is 11.5. The minimum absolute atomic E-state index is 0.226. The van der Waals surface area contributed by atoms with E-state index in [1.165, 1.54) is 19.3 Å². The zero-order chi connectivity index (χ0) is 34.0. The van der Waals surface area contributed by atoms with E-state index in [1.807, 2.05) is 48.5 Å². The Morgan fingerprint density at radius 1 is 0.581 bits per heavy atom. The molecule has 0 fully saturated rings. The molecule has 0 aliphatic rings. The summed E-state index contributed by atoms with van der Waals surface area (Å²) in [4.78, 5) is 22.0. The van der Waals surface area contributed by atoms with Crippen LogP contribution in [0.3, 0.4) is 0 Å². The van der Waals surface area contributed by atoms with Gasteiger partial charge in [0, 0.05) is 12.3 Å². The van der Waals surface area contributed by atoms with Crippen LogP contribution in [-0.4, -0.2) is 11.6 Å². The highest BCUT2D eigenvalue weighted by Gasteiger charge is 2.13. The van der Waals surface area contributed by atoms with Gasteiger partial charge in [-0.15, -0.1) is 6.58 Å². The molecule has 0 N–H and O–H groups in total. The topological polar surface area (TPSA) is 34.1 Å². The van der Waals surface area contributed by atoms with Crippen molar-refractivity contribution in [2.24, 2.45) is 5.92 Å². The first-order chi connectivity index (χ1) is 20.8. The Kier molecular flexibility index (Phi) is 57.4. The maximum Gasteiger partial charge on any atom is 0.133 e. The average molecular weight is 599 g/mol.